The summed E-state index contributed by atoms with van der Waals surface area (Å²) >= 11 is 0. The van der Waals surface area contributed by atoms with Gasteiger partial charge in [0.1, 0.15) is 0 Å². The summed E-state index contributed by atoms with van der Waals surface area (Å²) in [6.07, 6.45) is 2.34. The van der Waals surface area contributed by atoms with E-state index in [1.54, 1.807) is 13.1 Å². The van der Waals surface area contributed by atoms with Crippen molar-refractivity contribution < 1.29 is 8.42 Å². The smallest absolute Gasteiger partial charge is 0.191 e. The first-order valence-electron chi connectivity index (χ1n) is 8.70. The van der Waals surface area contributed by atoms with Crippen molar-refractivity contribution in [3.8, 4) is 0 Å². The van der Waals surface area contributed by atoms with Crippen molar-refractivity contribution in [3.63, 3.8) is 0 Å². The highest BCUT2D eigenvalue weighted by Crippen LogP contribution is 2.40. The van der Waals surface area contributed by atoms with Crippen LogP contribution < -0.4 is 10.6 Å². The highest BCUT2D eigenvalue weighted by atomic mass is 32.2. The van der Waals surface area contributed by atoms with Crippen molar-refractivity contribution >= 4 is 15.8 Å². The first kappa shape index (κ1) is 18.5. The number of guanidine groups is 1. The lowest BCUT2D eigenvalue weighted by Gasteiger charge is -2.13. The van der Waals surface area contributed by atoms with Gasteiger partial charge < -0.3 is 10.6 Å². The van der Waals surface area contributed by atoms with Gasteiger partial charge in [0.05, 0.1) is 4.90 Å². The van der Waals surface area contributed by atoms with Gasteiger partial charge in [-0.1, -0.05) is 42.5 Å². The zero-order valence-electron chi connectivity index (χ0n) is 15.4. The molecule has 3 rings (SSSR count). The molecule has 2 atom stereocenters. The van der Waals surface area contributed by atoms with Crippen LogP contribution >= 0.6 is 0 Å². The minimum absolute atomic E-state index is 0.382. The number of rotatable bonds is 5. The van der Waals surface area contributed by atoms with Crippen LogP contribution in [0, 0.1) is 6.92 Å². The zero-order chi connectivity index (χ0) is 18.7. The van der Waals surface area contributed by atoms with Gasteiger partial charge in [-0.25, -0.2) is 8.42 Å². The summed E-state index contributed by atoms with van der Waals surface area (Å²) in [6.45, 7) is 2.41. The molecule has 138 valence electrons. The van der Waals surface area contributed by atoms with Crippen LogP contribution in [0.2, 0.25) is 0 Å². The van der Waals surface area contributed by atoms with E-state index in [2.05, 4.69) is 39.9 Å². The molecule has 2 unspecified atom stereocenters. The van der Waals surface area contributed by atoms with Crippen LogP contribution in [0.3, 0.4) is 0 Å². The molecule has 26 heavy (non-hydrogen) atoms. The van der Waals surface area contributed by atoms with E-state index >= 15 is 0 Å². The Bertz CT molecular complexity index is 908. The summed E-state index contributed by atoms with van der Waals surface area (Å²) < 4.78 is 23.4. The average molecular weight is 372 g/mol. The van der Waals surface area contributed by atoms with Crippen LogP contribution in [0.5, 0.6) is 0 Å². The Labute approximate surface area is 155 Å². The number of aliphatic imine (C=N–C) groups is 1. The van der Waals surface area contributed by atoms with E-state index in [-0.39, 0.29) is 0 Å². The molecule has 0 amide bonds. The Kier molecular flexibility index (Phi) is 5.32. The second-order valence-electron chi connectivity index (χ2n) is 6.80. The van der Waals surface area contributed by atoms with Crippen molar-refractivity contribution in [2.45, 2.75) is 36.7 Å². The van der Waals surface area contributed by atoms with Gasteiger partial charge in [0.2, 0.25) is 0 Å². The highest BCUT2D eigenvalue weighted by molar-refractivity contribution is 7.90. The first-order chi connectivity index (χ1) is 12.4. The molecule has 0 radical (unpaired) electrons. The number of sulfone groups is 1. The topological polar surface area (TPSA) is 70.6 Å². The largest absolute Gasteiger partial charge is 0.353 e. The Hall–Kier alpha value is -2.34. The van der Waals surface area contributed by atoms with E-state index in [1.165, 1.54) is 11.8 Å². The molecule has 5 nitrogen and oxygen atoms in total. The maximum atomic E-state index is 11.7. The number of nitrogens with zero attached hydrogens (tertiary/aromatic N) is 1. The lowest BCUT2D eigenvalue weighted by atomic mass is 10.1. The molecule has 0 aromatic heterocycles. The van der Waals surface area contributed by atoms with Gasteiger partial charge in [0.15, 0.2) is 15.8 Å². The van der Waals surface area contributed by atoms with Crippen LogP contribution in [0.1, 0.15) is 29.0 Å². The summed E-state index contributed by atoms with van der Waals surface area (Å²) in [5.41, 5.74) is 3.14. The number of benzene rings is 2. The second-order valence-corrected chi connectivity index (χ2v) is 8.79. The fourth-order valence-electron chi connectivity index (χ4n) is 3.22. The molecule has 0 spiro atoms. The Morgan fingerprint density at radius 2 is 1.92 bits per heavy atom. The van der Waals surface area contributed by atoms with Gasteiger partial charge in [-0.15, -0.1) is 0 Å². The van der Waals surface area contributed by atoms with E-state index in [4.69, 9.17) is 0 Å². The minimum atomic E-state index is -3.18. The molecule has 1 aliphatic carbocycles. The van der Waals surface area contributed by atoms with Crippen LogP contribution in [-0.4, -0.2) is 33.7 Å². The SMILES string of the molecule is CN=C(NCc1ccc(S(C)(=O)=O)c(C)c1)NC1CC1c1ccccc1. The molecule has 0 bridgehead atoms. The van der Waals surface area contributed by atoms with Crippen molar-refractivity contribution in [3.05, 3.63) is 65.2 Å². The van der Waals surface area contributed by atoms with Gasteiger partial charge in [-0.2, -0.15) is 0 Å². The lowest BCUT2D eigenvalue weighted by molar-refractivity contribution is 0.601. The molecule has 1 saturated carbocycles. The van der Waals surface area contributed by atoms with Crippen molar-refractivity contribution in [2.24, 2.45) is 4.99 Å². The molecular weight excluding hydrogens is 346 g/mol. The van der Waals surface area contributed by atoms with Crippen LogP contribution in [0.25, 0.3) is 0 Å². The van der Waals surface area contributed by atoms with Crippen molar-refractivity contribution in [2.75, 3.05) is 13.3 Å². The standard InChI is InChI=1S/C20H25N3O2S/c1-14-11-15(9-10-19(14)26(3,24)25)13-22-20(21-2)23-18-12-17(18)16-7-5-4-6-8-16/h4-11,17-18H,12-13H2,1-3H3,(H2,21,22,23). The van der Waals surface area contributed by atoms with Crippen LogP contribution in [-0.2, 0) is 16.4 Å². The summed E-state index contributed by atoms with van der Waals surface area (Å²) in [5.74, 6) is 1.30. The predicted molar refractivity (Wildman–Crippen MR) is 105 cm³/mol. The Morgan fingerprint density at radius 3 is 2.54 bits per heavy atom. The highest BCUT2D eigenvalue weighted by Gasteiger charge is 2.38. The molecule has 2 aromatic rings. The molecule has 0 saturated heterocycles. The second kappa shape index (κ2) is 7.50. The normalized spacial score (nSPS) is 19.9. The number of aryl methyl sites for hydroxylation is 1. The summed E-state index contributed by atoms with van der Waals surface area (Å²) in [4.78, 5) is 4.67. The molecule has 1 aliphatic rings. The molecule has 2 N–H and O–H groups in total. The Morgan fingerprint density at radius 1 is 1.19 bits per heavy atom. The molecule has 0 heterocycles. The third kappa shape index (κ3) is 4.43. The zero-order valence-corrected chi connectivity index (χ0v) is 16.2. The molecular formula is C20H25N3O2S. The van der Waals surface area contributed by atoms with Gasteiger partial charge >= 0.3 is 0 Å². The van der Waals surface area contributed by atoms with Gasteiger partial charge in [0, 0.05) is 31.8 Å². The van der Waals surface area contributed by atoms with Crippen molar-refractivity contribution in [1.82, 2.24) is 10.6 Å². The maximum absolute atomic E-state index is 11.7. The first-order valence-corrected chi connectivity index (χ1v) is 10.6. The van der Waals surface area contributed by atoms with Crippen molar-refractivity contribution in [1.29, 1.82) is 0 Å². The summed E-state index contributed by atoms with van der Waals surface area (Å²) in [5, 5.41) is 6.76. The van der Waals surface area contributed by atoms with E-state index in [9.17, 15) is 8.42 Å². The lowest BCUT2D eigenvalue weighted by Crippen LogP contribution is -2.38. The van der Waals surface area contributed by atoms with E-state index in [0.29, 0.717) is 23.4 Å². The third-order valence-electron chi connectivity index (χ3n) is 4.66. The van der Waals surface area contributed by atoms with Gasteiger partial charge in [-0.05, 0) is 36.1 Å². The molecule has 2 aromatic carbocycles. The minimum Gasteiger partial charge on any atom is -0.353 e. The fraction of sp³-hybridized carbons (Fsp3) is 0.350. The Balaban J connectivity index is 1.56. The monoisotopic (exact) mass is 371 g/mol. The average Bonchev–Trinajstić information content (AvgIpc) is 3.37. The number of hydrogen-bond donors (Lipinski definition) is 2. The number of hydrogen-bond acceptors (Lipinski definition) is 3. The number of nitrogens with one attached hydrogen (secondary N) is 2. The van der Waals surface area contributed by atoms with Crippen LogP contribution in [0.4, 0.5) is 0 Å². The summed E-state index contributed by atoms with van der Waals surface area (Å²) in [6, 6.07) is 16.3. The molecule has 0 aliphatic heterocycles. The van der Waals surface area contributed by atoms with Crippen LogP contribution in [0.15, 0.2) is 58.4 Å². The third-order valence-corrected chi connectivity index (χ3v) is 5.92. The van der Waals surface area contributed by atoms with Gasteiger partial charge in [-0.3, -0.25) is 4.99 Å². The summed E-state index contributed by atoms with van der Waals surface area (Å²) in [7, 11) is -1.43. The molecule has 6 heteroatoms. The van der Waals surface area contributed by atoms with Gasteiger partial charge in [0.25, 0.3) is 0 Å². The molecule has 1 fully saturated rings. The predicted octanol–water partition coefficient (Wildman–Crippen LogP) is 2.62. The maximum Gasteiger partial charge on any atom is 0.191 e. The van der Waals surface area contributed by atoms with E-state index in [0.717, 1.165) is 23.5 Å². The quantitative estimate of drug-likeness (QED) is 0.626. The fourth-order valence-corrected chi connectivity index (χ4v) is 4.18. The van der Waals surface area contributed by atoms with E-state index < -0.39 is 9.84 Å². The van der Waals surface area contributed by atoms with E-state index in [1.807, 2.05) is 25.1 Å².